The van der Waals surface area contributed by atoms with E-state index >= 15 is 0 Å². The topological polar surface area (TPSA) is 75.2 Å². The van der Waals surface area contributed by atoms with Gasteiger partial charge in [0.2, 0.25) is 5.91 Å². The van der Waals surface area contributed by atoms with Crippen molar-refractivity contribution in [1.29, 1.82) is 0 Å². The number of likely N-dealkylation sites (N-methyl/N-ethyl adjacent to an activating group) is 1. The monoisotopic (exact) mass is 324 g/mol. The molecule has 124 valence electrons. The van der Waals surface area contributed by atoms with Gasteiger partial charge in [-0.1, -0.05) is 12.1 Å². The number of hydrogen-bond acceptors (Lipinski definition) is 4. The summed E-state index contributed by atoms with van der Waals surface area (Å²) in [5, 5.41) is 2.83. The van der Waals surface area contributed by atoms with E-state index in [9.17, 15) is 9.59 Å². The molecule has 1 N–H and O–H groups in total. The van der Waals surface area contributed by atoms with Gasteiger partial charge in [-0.05, 0) is 37.5 Å². The summed E-state index contributed by atoms with van der Waals surface area (Å²) in [6.45, 7) is 4.38. The highest BCUT2D eigenvalue weighted by Gasteiger charge is 2.42. The normalized spacial score (nSPS) is 15.3. The van der Waals surface area contributed by atoms with Crippen molar-refractivity contribution in [2.75, 3.05) is 18.5 Å². The first-order valence-electron chi connectivity index (χ1n) is 7.87. The lowest BCUT2D eigenvalue weighted by Gasteiger charge is -2.16. The molecule has 2 aromatic rings. The minimum atomic E-state index is -0.511. The highest BCUT2D eigenvalue weighted by Crippen LogP contribution is 2.41. The lowest BCUT2D eigenvalue weighted by atomic mass is 9.85. The smallest absolute Gasteiger partial charge is 0.271 e. The third kappa shape index (κ3) is 2.75. The van der Waals surface area contributed by atoms with Gasteiger partial charge < -0.3 is 10.2 Å². The van der Waals surface area contributed by atoms with E-state index in [1.54, 1.807) is 11.9 Å². The Bertz CT molecular complexity index is 787. The molecule has 1 aliphatic rings. The van der Waals surface area contributed by atoms with E-state index in [1.165, 1.54) is 18.6 Å². The number of nitrogens with zero attached hydrogens (tertiary/aromatic N) is 3. The van der Waals surface area contributed by atoms with Crippen molar-refractivity contribution in [2.45, 2.75) is 25.7 Å². The average molecular weight is 324 g/mol. The standard InChI is InChI=1S/C18H20N4O2/c1-18(2)13-10-12(4-5-15(13)22(3)17(18)24)6-7-21-16(23)14-11-19-8-9-20-14/h4-5,8-11H,6-7H2,1-3H3,(H,21,23). The second kappa shape index (κ2) is 6.03. The van der Waals surface area contributed by atoms with Crippen LogP contribution in [0.15, 0.2) is 36.8 Å². The quantitative estimate of drug-likeness (QED) is 0.929. The fourth-order valence-corrected chi connectivity index (χ4v) is 3.00. The summed E-state index contributed by atoms with van der Waals surface area (Å²) in [4.78, 5) is 33.8. The molecule has 1 aromatic heterocycles. The first kappa shape index (κ1) is 16.1. The fourth-order valence-electron chi connectivity index (χ4n) is 3.00. The van der Waals surface area contributed by atoms with Gasteiger partial charge in [0.25, 0.3) is 5.91 Å². The number of anilines is 1. The molecule has 1 aliphatic heterocycles. The van der Waals surface area contributed by atoms with Crippen molar-refractivity contribution in [2.24, 2.45) is 0 Å². The molecular formula is C18H20N4O2. The van der Waals surface area contributed by atoms with Gasteiger partial charge in [0.05, 0.1) is 11.6 Å². The van der Waals surface area contributed by atoms with Crippen LogP contribution in [0.1, 0.15) is 35.5 Å². The maximum Gasteiger partial charge on any atom is 0.271 e. The maximum absolute atomic E-state index is 12.3. The summed E-state index contributed by atoms with van der Waals surface area (Å²) in [5.41, 5.74) is 2.87. The molecule has 6 heteroatoms. The van der Waals surface area contributed by atoms with Gasteiger partial charge in [-0.2, -0.15) is 0 Å². The second-order valence-electron chi connectivity index (χ2n) is 6.44. The summed E-state index contributed by atoms with van der Waals surface area (Å²) >= 11 is 0. The predicted octanol–water partition coefficient (Wildman–Crippen LogP) is 1.70. The van der Waals surface area contributed by atoms with Gasteiger partial charge in [0, 0.05) is 31.7 Å². The second-order valence-corrected chi connectivity index (χ2v) is 6.44. The van der Waals surface area contributed by atoms with Gasteiger partial charge in [-0.25, -0.2) is 4.98 Å². The number of nitrogens with one attached hydrogen (secondary N) is 1. The van der Waals surface area contributed by atoms with Crippen LogP contribution in [-0.2, 0) is 16.6 Å². The van der Waals surface area contributed by atoms with Crippen molar-refractivity contribution in [3.05, 3.63) is 53.6 Å². The number of aromatic nitrogens is 2. The largest absolute Gasteiger partial charge is 0.350 e. The Hall–Kier alpha value is -2.76. The van der Waals surface area contributed by atoms with Crippen LogP contribution in [0.3, 0.4) is 0 Å². The zero-order valence-electron chi connectivity index (χ0n) is 14.0. The van der Waals surface area contributed by atoms with Crippen molar-refractivity contribution >= 4 is 17.5 Å². The van der Waals surface area contributed by atoms with Crippen molar-refractivity contribution in [3.8, 4) is 0 Å². The van der Waals surface area contributed by atoms with E-state index in [0.717, 1.165) is 16.8 Å². The highest BCUT2D eigenvalue weighted by molar-refractivity contribution is 6.07. The lowest BCUT2D eigenvalue weighted by Crippen LogP contribution is -2.33. The molecule has 0 aliphatic carbocycles. The number of hydrogen-bond donors (Lipinski definition) is 1. The Morgan fingerprint density at radius 2 is 2.08 bits per heavy atom. The Balaban J connectivity index is 1.67. The third-order valence-corrected chi connectivity index (χ3v) is 4.43. The van der Waals surface area contributed by atoms with E-state index in [2.05, 4.69) is 21.4 Å². The van der Waals surface area contributed by atoms with Crippen LogP contribution in [0, 0.1) is 0 Å². The van der Waals surface area contributed by atoms with E-state index in [-0.39, 0.29) is 11.8 Å². The molecule has 0 atom stereocenters. The SMILES string of the molecule is CN1C(=O)C(C)(C)c2cc(CCNC(=O)c3cnccn3)ccc21. The maximum atomic E-state index is 12.3. The van der Waals surface area contributed by atoms with Crippen LogP contribution >= 0.6 is 0 Å². The summed E-state index contributed by atoms with van der Waals surface area (Å²) in [7, 11) is 1.80. The van der Waals surface area contributed by atoms with Gasteiger partial charge in [0.1, 0.15) is 5.69 Å². The lowest BCUT2D eigenvalue weighted by molar-refractivity contribution is -0.121. The number of carbonyl (C=O) groups is 2. The highest BCUT2D eigenvalue weighted by atomic mass is 16.2. The molecule has 0 unspecified atom stereocenters. The molecule has 2 heterocycles. The van der Waals surface area contributed by atoms with Crippen molar-refractivity contribution < 1.29 is 9.59 Å². The molecule has 1 aromatic carbocycles. The first-order valence-corrected chi connectivity index (χ1v) is 7.87. The predicted molar refractivity (Wildman–Crippen MR) is 90.9 cm³/mol. The number of amides is 2. The Kier molecular flexibility index (Phi) is 4.05. The van der Waals surface area contributed by atoms with Crippen LogP contribution in [0.2, 0.25) is 0 Å². The van der Waals surface area contributed by atoms with E-state index in [1.807, 2.05) is 26.0 Å². The van der Waals surface area contributed by atoms with Crippen LogP contribution in [0.5, 0.6) is 0 Å². The Morgan fingerprint density at radius 1 is 1.29 bits per heavy atom. The van der Waals surface area contributed by atoms with E-state index in [0.29, 0.717) is 18.7 Å². The minimum absolute atomic E-state index is 0.102. The number of fused-ring (bicyclic) bond motifs is 1. The number of rotatable bonds is 4. The van der Waals surface area contributed by atoms with Crippen LogP contribution < -0.4 is 10.2 Å². The van der Waals surface area contributed by atoms with E-state index in [4.69, 9.17) is 0 Å². The molecule has 0 saturated heterocycles. The summed E-state index contributed by atoms with van der Waals surface area (Å²) in [5.74, 6) is -0.134. The third-order valence-electron chi connectivity index (χ3n) is 4.43. The zero-order valence-corrected chi connectivity index (χ0v) is 14.0. The number of benzene rings is 1. The number of carbonyl (C=O) groups excluding carboxylic acids is 2. The minimum Gasteiger partial charge on any atom is -0.350 e. The van der Waals surface area contributed by atoms with Crippen LogP contribution in [0.4, 0.5) is 5.69 Å². The molecule has 0 radical (unpaired) electrons. The van der Waals surface area contributed by atoms with Crippen LogP contribution in [0.25, 0.3) is 0 Å². The molecular weight excluding hydrogens is 304 g/mol. The van der Waals surface area contributed by atoms with Crippen molar-refractivity contribution in [1.82, 2.24) is 15.3 Å². The Morgan fingerprint density at radius 3 is 2.79 bits per heavy atom. The molecule has 3 rings (SSSR count). The molecule has 0 bridgehead atoms. The molecule has 0 saturated carbocycles. The summed E-state index contributed by atoms with van der Waals surface area (Å²) < 4.78 is 0. The molecule has 2 amide bonds. The van der Waals surface area contributed by atoms with Gasteiger partial charge in [-0.3, -0.25) is 14.6 Å². The fraction of sp³-hybridized carbons (Fsp3) is 0.333. The van der Waals surface area contributed by atoms with E-state index < -0.39 is 5.41 Å². The summed E-state index contributed by atoms with van der Waals surface area (Å²) in [6.07, 6.45) is 5.15. The van der Waals surface area contributed by atoms with Crippen molar-refractivity contribution in [3.63, 3.8) is 0 Å². The molecule has 6 nitrogen and oxygen atoms in total. The molecule has 0 fully saturated rings. The molecule has 24 heavy (non-hydrogen) atoms. The van der Waals surface area contributed by atoms with Gasteiger partial charge in [-0.15, -0.1) is 0 Å². The Labute approximate surface area is 140 Å². The average Bonchev–Trinajstić information content (AvgIpc) is 2.76. The first-order chi connectivity index (χ1) is 11.4. The molecule has 0 spiro atoms. The van der Waals surface area contributed by atoms with Crippen LogP contribution in [-0.4, -0.2) is 35.4 Å². The van der Waals surface area contributed by atoms with Gasteiger partial charge in [0.15, 0.2) is 0 Å². The zero-order chi connectivity index (χ0) is 17.3. The van der Waals surface area contributed by atoms with Gasteiger partial charge >= 0.3 is 0 Å². The summed E-state index contributed by atoms with van der Waals surface area (Å²) in [6, 6.07) is 6.03.